The molecule has 0 saturated carbocycles. The molecule has 1 aliphatic rings. The fraction of sp³-hybridized carbons (Fsp3) is 0.538. The summed E-state index contributed by atoms with van der Waals surface area (Å²) in [5.74, 6) is 0. The molecule has 9 heteroatoms. The molecular formula is C13H19Cl3N2O3S. The molecule has 0 atom stereocenters. The first-order valence-electron chi connectivity index (χ1n) is 6.74. The lowest BCUT2D eigenvalue weighted by Crippen LogP contribution is -2.38. The third-order valence-electron chi connectivity index (χ3n) is 3.23. The Balaban J connectivity index is 0.00000242. The zero-order chi connectivity index (χ0) is 15.3. The summed E-state index contributed by atoms with van der Waals surface area (Å²) in [6, 6.07) is 4.39. The van der Waals surface area contributed by atoms with Gasteiger partial charge >= 0.3 is 0 Å². The van der Waals surface area contributed by atoms with Crippen molar-refractivity contribution >= 4 is 45.6 Å². The van der Waals surface area contributed by atoms with Gasteiger partial charge in [0.25, 0.3) is 0 Å². The van der Waals surface area contributed by atoms with E-state index in [-0.39, 0.29) is 22.3 Å². The van der Waals surface area contributed by atoms with Gasteiger partial charge in [-0.1, -0.05) is 23.2 Å². The Hall–Kier alpha value is -0.0800. The summed E-state index contributed by atoms with van der Waals surface area (Å²) in [5, 5.41) is 0.508. The molecule has 0 radical (unpaired) electrons. The number of benzene rings is 1. The van der Waals surface area contributed by atoms with Crippen LogP contribution in [0.4, 0.5) is 0 Å². The van der Waals surface area contributed by atoms with Gasteiger partial charge < -0.3 is 4.74 Å². The van der Waals surface area contributed by atoms with Gasteiger partial charge in [0.15, 0.2) is 0 Å². The average molecular weight is 390 g/mol. The van der Waals surface area contributed by atoms with Crippen LogP contribution in [-0.2, 0) is 14.8 Å². The molecule has 1 aromatic carbocycles. The minimum Gasteiger partial charge on any atom is -0.379 e. The van der Waals surface area contributed by atoms with E-state index in [2.05, 4.69) is 9.62 Å². The smallest absolute Gasteiger partial charge is 0.242 e. The van der Waals surface area contributed by atoms with Crippen LogP contribution in [0.15, 0.2) is 23.1 Å². The zero-order valence-corrected chi connectivity index (χ0v) is 15.1. The number of morpholine rings is 1. The van der Waals surface area contributed by atoms with Crippen LogP contribution in [0.25, 0.3) is 0 Å². The van der Waals surface area contributed by atoms with Crippen molar-refractivity contribution in [1.29, 1.82) is 0 Å². The number of hydrogen-bond donors (Lipinski definition) is 1. The SMILES string of the molecule is Cl.O=S(=O)(NCCCN1CCOCC1)c1cc(Cl)ccc1Cl. The Labute approximate surface area is 147 Å². The van der Waals surface area contributed by atoms with E-state index in [0.29, 0.717) is 11.6 Å². The normalized spacial score (nSPS) is 16.3. The van der Waals surface area contributed by atoms with E-state index in [1.54, 1.807) is 6.07 Å². The molecule has 0 aromatic heterocycles. The Morgan fingerprint density at radius 2 is 1.91 bits per heavy atom. The highest BCUT2D eigenvalue weighted by Crippen LogP contribution is 2.24. The first kappa shape index (κ1) is 20.0. The molecule has 22 heavy (non-hydrogen) atoms. The zero-order valence-electron chi connectivity index (χ0n) is 11.9. The molecule has 5 nitrogen and oxygen atoms in total. The molecule has 1 aliphatic heterocycles. The van der Waals surface area contributed by atoms with Crippen LogP contribution in [0.1, 0.15) is 6.42 Å². The first-order valence-corrected chi connectivity index (χ1v) is 8.98. The summed E-state index contributed by atoms with van der Waals surface area (Å²) in [4.78, 5) is 2.27. The van der Waals surface area contributed by atoms with E-state index in [9.17, 15) is 8.42 Å². The number of halogens is 3. The quantitative estimate of drug-likeness (QED) is 0.759. The van der Waals surface area contributed by atoms with Crippen molar-refractivity contribution in [3.8, 4) is 0 Å². The van der Waals surface area contributed by atoms with Crippen molar-refractivity contribution < 1.29 is 13.2 Å². The Kier molecular flexibility index (Phi) is 8.42. The predicted molar refractivity (Wildman–Crippen MR) is 90.8 cm³/mol. The number of sulfonamides is 1. The monoisotopic (exact) mass is 388 g/mol. The van der Waals surface area contributed by atoms with Gasteiger partial charge in [0, 0.05) is 24.7 Å². The van der Waals surface area contributed by atoms with Gasteiger partial charge in [-0.3, -0.25) is 4.90 Å². The largest absolute Gasteiger partial charge is 0.379 e. The maximum absolute atomic E-state index is 12.2. The Morgan fingerprint density at radius 3 is 2.59 bits per heavy atom. The van der Waals surface area contributed by atoms with E-state index in [0.717, 1.165) is 39.3 Å². The number of ether oxygens (including phenoxy) is 1. The van der Waals surface area contributed by atoms with Crippen LogP contribution < -0.4 is 4.72 Å². The van der Waals surface area contributed by atoms with Gasteiger partial charge in [-0.15, -0.1) is 12.4 Å². The Bertz CT molecular complexity index is 578. The lowest BCUT2D eigenvalue weighted by Gasteiger charge is -2.26. The minimum atomic E-state index is -3.63. The van der Waals surface area contributed by atoms with Crippen molar-refractivity contribution in [1.82, 2.24) is 9.62 Å². The topological polar surface area (TPSA) is 58.6 Å². The molecule has 1 fully saturated rings. The number of nitrogens with zero attached hydrogens (tertiary/aromatic N) is 1. The lowest BCUT2D eigenvalue weighted by molar-refractivity contribution is 0.0376. The molecule has 2 rings (SSSR count). The summed E-state index contributed by atoms with van der Waals surface area (Å²) in [5.41, 5.74) is 0. The molecule has 1 N–H and O–H groups in total. The first-order chi connectivity index (χ1) is 9.99. The maximum Gasteiger partial charge on any atom is 0.242 e. The van der Waals surface area contributed by atoms with Crippen molar-refractivity contribution in [3.05, 3.63) is 28.2 Å². The molecule has 0 aliphatic carbocycles. The predicted octanol–water partition coefficient (Wildman–Crippen LogP) is 2.42. The second-order valence-corrected chi connectivity index (χ2v) is 7.36. The van der Waals surface area contributed by atoms with E-state index in [4.69, 9.17) is 27.9 Å². The fourth-order valence-electron chi connectivity index (χ4n) is 2.09. The lowest BCUT2D eigenvalue weighted by atomic mass is 10.3. The molecule has 0 bridgehead atoms. The third-order valence-corrected chi connectivity index (χ3v) is 5.41. The van der Waals surface area contributed by atoms with Crippen LogP contribution in [0.5, 0.6) is 0 Å². The molecule has 1 saturated heterocycles. The van der Waals surface area contributed by atoms with Crippen LogP contribution in [-0.4, -0.2) is 52.7 Å². The Morgan fingerprint density at radius 1 is 1.23 bits per heavy atom. The van der Waals surface area contributed by atoms with Crippen molar-refractivity contribution in [3.63, 3.8) is 0 Å². The fourth-order valence-corrected chi connectivity index (χ4v) is 3.93. The van der Waals surface area contributed by atoms with Gasteiger partial charge in [0.2, 0.25) is 10.0 Å². The summed E-state index contributed by atoms with van der Waals surface area (Å²) in [7, 11) is -3.63. The van der Waals surface area contributed by atoms with E-state index < -0.39 is 10.0 Å². The highest BCUT2D eigenvalue weighted by Gasteiger charge is 2.18. The van der Waals surface area contributed by atoms with Crippen molar-refractivity contribution in [2.24, 2.45) is 0 Å². The summed E-state index contributed by atoms with van der Waals surface area (Å²) >= 11 is 11.7. The molecule has 1 heterocycles. The van der Waals surface area contributed by atoms with Crippen molar-refractivity contribution in [2.45, 2.75) is 11.3 Å². The molecule has 1 aromatic rings. The number of nitrogens with one attached hydrogen (secondary N) is 1. The summed E-state index contributed by atoms with van der Waals surface area (Å²) in [6.07, 6.45) is 0.734. The second-order valence-electron chi connectivity index (χ2n) is 4.78. The van der Waals surface area contributed by atoms with E-state index in [1.807, 2.05) is 0 Å². The standard InChI is InChI=1S/C13H18Cl2N2O3S.ClH/c14-11-2-3-12(15)13(10-11)21(18,19)16-4-1-5-17-6-8-20-9-7-17;/h2-3,10,16H,1,4-9H2;1H. The van der Waals surface area contributed by atoms with Crippen LogP contribution >= 0.6 is 35.6 Å². The molecule has 0 spiro atoms. The summed E-state index contributed by atoms with van der Waals surface area (Å²) < 4.78 is 32.2. The molecular weight excluding hydrogens is 371 g/mol. The third kappa shape index (κ3) is 5.85. The van der Waals surface area contributed by atoms with Gasteiger partial charge in [-0.25, -0.2) is 13.1 Å². The molecule has 0 unspecified atom stereocenters. The maximum atomic E-state index is 12.2. The van der Waals surface area contributed by atoms with Crippen LogP contribution in [0.2, 0.25) is 10.0 Å². The number of hydrogen-bond acceptors (Lipinski definition) is 4. The molecule has 126 valence electrons. The molecule has 0 amide bonds. The van der Waals surface area contributed by atoms with Crippen molar-refractivity contribution in [2.75, 3.05) is 39.4 Å². The number of rotatable bonds is 6. The van der Waals surface area contributed by atoms with Gasteiger partial charge in [0.1, 0.15) is 4.90 Å². The van der Waals surface area contributed by atoms with E-state index in [1.165, 1.54) is 12.1 Å². The van der Waals surface area contributed by atoms with Crippen LogP contribution in [0, 0.1) is 0 Å². The minimum absolute atomic E-state index is 0. The van der Waals surface area contributed by atoms with E-state index >= 15 is 0 Å². The highest BCUT2D eigenvalue weighted by molar-refractivity contribution is 7.89. The summed E-state index contributed by atoms with van der Waals surface area (Å²) in [6.45, 7) is 4.48. The van der Waals surface area contributed by atoms with Gasteiger partial charge in [0.05, 0.1) is 18.2 Å². The van der Waals surface area contributed by atoms with Gasteiger partial charge in [-0.05, 0) is 31.2 Å². The highest BCUT2D eigenvalue weighted by atomic mass is 35.5. The average Bonchev–Trinajstić information content (AvgIpc) is 2.47. The second kappa shape index (κ2) is 9.27. The van der Waals surface area contributed by atoms with Gasteiger partial charge in [-0.2, -0.15) is 0 Å². The van der Waals surface area contributed by atoms with Crippen LogP contribution in [0.3, 0.4) is 0 Å².